The number of ether oxygens (including phenoxy) is 1. The third-order valence-corrected chi connectivity index (χ3v) is 8.09. The minimum atomic E-state index is -0.581. The van der Waals surface area contributed by atoms with Gasteiger partial charge in [-0.1, -0.05) is 35.9 Å². The van der Waals surface area contributed by atoms with Gasteiger partial charge >= 0.3 is 6.09 Å². The molecule has 0 unspecified atom stereocenters. The molecular formula is C34H44N8O4. The number of nitrogens with zero attached hydrogens (tertiary/aromatic N) is 8. The average Bonchev–Trinajstić information content (AvgIpc) is 3.72. The zero-order valence-electron chi connectivity index (χ0n) is 27.6. The van der Waals surface area contributed by atoms with Crippen LogP contribution in [0.4, 0.5) is 4.79 Å². The Labute approximate surface area is 270 Å². The third-order valence-electron chi connectivity index (χ3n) is 8.09. The van der Waals surface area contributed by atoms with Gasteiger partial charge in [-0.25, -0.2) is 14.2 Å². The van der Waals surface area contributed by atoms with Crippen LogP contribution in [0.5, 0.6) is 5.75 Å². The van der Waals surface area contributed by atoms with E-state index in [4.69, 9.17) is 4.74 Å². The second-order valence-corrected chi connectivity index (χ2v) is 13.1. The first-order chi connectivity index (χ1) is 21.9. The van der Waals surface area contributed by atoms with E-state index in [1.807, 2.05) is 72.9 Å². The van der Waals surface area contributed by atoms with Crippen LogP contribution in [0.1, 0.15) is 82.4 Å². The predicted octanol–water partition coefficient (Wildman–Crippen LogP) is 5.77. The zero-order chi connectivity index (χ0) is 33.0. The highest BCUT2D eigenvalue weighted by molar-refractivity contribution is 5.97. The Kier molecular flexibility index (Phi) is 9.74. The SMILES string of the molecule is CCC[C@@H](C)n1cc(-c2cc(C(=O)N3CCN(C(=O)OC(C)(C)C)CC3)cc(-c3cn([C@H](C)Cc4ccc(O)cc4)nn3)c2)nn1. The molecule has 12 heteroatoms. The van der Waals surface area contributed by atoms with Crippen molar-refractivity contribution in [2.24, 2.45) is 0 Å². The quantitative estimate of drug-likeness (QED) is 0.247. The normalized spacial score (nSPS) is 15.1. The van der Waals surface area contributed by atoms with Crippen molar-refractivity contribution in [1.82, 2.24) is 39.8 Å². The highest BCUT2D eigenvalue weighted by Gasteiger charge is 2.29. The summed E-state index contributed by atoms with van der Waals surface area (Å²) in [5.41, 5.74) is 3.80. The van der Waals surface area contributed by atoms with Gasteiger partial charge in [-0.15, -0.1) is 10.2 Å². The molecule has 0 radical (unpaired) electrons. The van der Waals surface area contributed by atoms with E-state index in [-0.39, 0.29) is 29.8 Å². The first-order valence-electron chi connectivity index (χ1n) is 15.9. The maximum Gasteiger partial charge on any atom is 0.410 e. The van der Waals surface area contributed by atoms with E-state index in [2.05, 4.69) is 41.4 Å². The molecule has 2 amide bonds. The summed E-state index contributed by atoms with van der Waals surface area (Å²) in [4.78, 5) is 29.9. The van der Waals surface area contributed by atoms with E-state index in [1.165, 1.54) is 0 Å². The second kappa shape index (κ2) is 13.7. The smallest absolute Gasteiger partial charge is 0.410 e. The number of rotatable bonds is 9. The summed E-state index contributed by atoms with van der Waals surface area (Å²) in [6.07, 6.45) is 6.16. The fourth-order valence-electron chi connectivity index (χ4n) is 5.51. The molecule has 0 bridgehead atoms. The van der Waals surface area contributed by atoms with Gasteiger partial charge in [-0.2, -0.15) is 0 Å². The van der Waals surface area contributed by atoms with Crippen LogP contribution in [-0.2, 0) is 11.2 Å². The summed E-state index contributed by atoms with van der Waals surface area (Å²) in [6.45, 7) is 13.4. The zero-order valence-corrected chi connectivity index (χ0v) is 27.6. The lowest BCUT2D eigenvalue weighted by Gasteiger charge is -2.35. The van der Waals surface area contributed by atoms with E-state index < -0.39 is 5.60 Å². The number of carbonyl (C=O) groups excluding carboxylic acids is 2. The molecular weight excluding hydrogens is 584 g/mol. The van der Waals surface area contributed by atoms with E-state index in [0.717, 1.165) is 29.5 Å². The molecule has 5 rings (SSSR count). The molecule has 1 saturated heterocycles. The summed E-state index contributed by atoms with van der Waals surface area (Å²) in [5.74, 6) is 0.0984. The van der Waals surface area contributed by atoms with E-state index >= 15 is 0 Å². The Hall–Kier alpha value is -4.74. The number of aromatic nitrogens is 6. The Morgan fingerprint density at radius 1 is 0.848 bits per heavy atom. The molecule has 12 nitrogen and oxygen atoms in total. The average molecular weight is 629 g/mol. The molecule has 1 fully saturated rings. The Balaban J connectivity index is 1.41. The first kappa shape index (κ1) is 32.6. The number of aromatic hydroxyl groups is 1. The maximum absolute atomic E-state index is 13.9. The topological polar surface area (TPSA) is 132 Å². The van der Waals surface area contributed by atoms with Crippen LogP contribution in [0.2, 0.25) is 0 Å². The van der Waals surface area contributed by atoms with Crippen LogP contribution in [-0.4, -0.2) is 88.7 Å². The number of phenols is 1. The molecule has 4 aromatic rings. The first-order valence-corrected chi connectivity index (χ1v) is 15.9. The van der Waals surface area contributed by atoms with Crippen molar-refractivity contribution in [2.45, 2.75) is 78.5 Å². The Morgan fingerprint density at radius 2 is 1.39 bits per heavy atom. The lowest BCUT2D eigenvalue weighted by atomic mass is 10.0. The standard InChI is InChI=1S/C34H44N8O4/c1-7-8-23(2)41-21-30(35-37-41)26-18-27(31-22-42(38-36-31)24(3)17-25-9-11-29(43)12-10-25)20-28(19-26)32(44)39-13-15-40(16-14-39)33(45)46-34(4,5)6/h9-12,18-24,43H,7-8,13-17H2,1-6H3/t23-,24-/m1/s1. The van der Waals surface area contributed by atoms with E-state index in [1.54, 1.807) is 21.9 Å². The van der Waals surface area contributed by atoms with E-state index in [0.29, 0.717) is 49.6 Å². The molecule has 1 aliphatic heterocycles. The summed E-state index contributed by atoms with van der Waals surface area (Å²) in [6, 6.07) is 13.0. The molecule has 244 valence electrons. The van der Waals surface area contributed by atoms with Crippen molar-refractivity contribution >= 4 is 12.0 Å². The minimum Gasteiger partial charge on any atom is -0.508 e. The number of carbonyl (C=O) groups is 2. The van der Waals surface area contributed by atoms with Crippen molar-refractivity contribution in [3.05, 3.63) is 66.0 Å². The predicted molar refractivity (Wildman–Crippen MR) is 174 cm³/mol. The summed E-state index contributed by atoms with van der Waals surface area (Å²) in [7, 11) is 0. The molecule has 2 atom stereocenters. The number of benzene rings is 2. The fourth-order valence-corrected chi connectivity index (χ4v) is 5.51. The summed E-state index contributed by atoms with van der Waals surface area (Å²) < 4.78 is 9.20. The molecule has 1 N–H and O–H groups in total. The van der Waals surface area contributed by atoms with Crippen LogP contribution in [0.3, 0.4) is 0 Å². The Morgan fingerprint density at radius 3 is 1.93 bits per heavy atom. The van der Waals surface area contributed by atoms with Gasteiger partial charge in [-0.3, -0.25) is 4.79 Å². The number of phenolic OH excluding ortho intramolecular Hbond substituents is 1. The molecule has 0 spiro atoms. The number of amides is 2. The number of piperazine rings is 1. The highest BCUT2D eigenvalue weighted by atomic mass is 16.6. The molecule has 0 saturated carbocycles. The van der Waals surface area contributed by atoms with Crippen LogP contribution in [0, 0.1) is 0 Å². The van der Waals surface area contributed by atoms with Crippen molar-refractivity contribution in [3.8, 4) is 28.3 Å². The monoisotopic (exact) mass is 628 g/mol. The van der Waals surface area contributed by atoms with Crippen LogP contribution < -0.4 is 0 Å². The van der Waals surface area contributed by atoms with Gasteiger partial charge in [0.2, 0.25) is 0 Å². The van der Waals surface area contributed by atoms with Gasteiger partial charge in [0.15, 0.2) is 0 Å². The lowest BCUT2D eigenvalue weighted by molar-refractivity contribution is 0.0141. The molecule has 46 heavy (non-hydrogen) atoms. The maximum atomic E-state index is 13.9. The fraction of sp³-hybridized carbons (Fsp3) is 0.471. The van der Waals surface area contributed by atoms with Gasteiger partial charge in [-0.05, 0) is 83.4 Å². The van der Waals surface area contributed by atoms with E-state index in [9.17, 15) is 14.7 Å². The number of hydrogen-bond donors (Lipinski definition) is 1. The minimum absolute atomic E-state index is 0.0105. The van der Waals surface area contributed by atoms with Crippen LogP contribution >= 0.6 is 0 Å². The largest absolute Gasteiger partial charge is 0.508 e. The third kappa shape index (κ3) is 7.91. The van der Waals surface area contributed by atoms with Crippen molar-refractivity contribution in [1.29, 1.82) is 0 Å². The molecule has 3 heterocycles. The van der Waals surface area contributed by atoms with Crippen molar-refractivity contribution in [3.63, 3.8) is 0 Å². The lowest BCUT2D eigenvalue weighted by Crippen LogP contribution is -2.51. The van der Waals surface area contributed by atoms with Crippen molar-refractivity contribution < 1.29 is 19.4 Å². The molecule has 1 aliphatic rings. The van der Waals surface area contributed by atoms with Gasteiger partial charge < -0.3 is 19.6 Å². The Bertz CT molecular complexity index is 1650. The van der Waals surface area contributed by atoms with Gasteiger partial charge in [0.1, 0.15) is 22.7 Å². The van der Waals surface area contributed by atoms with Crippen LogP contribution in [0.25, 0.3) is 22.5 Å². The van der Waals surface area contributed by atoms with Gasteiger partial charge in [0.25, 0.3) is 5.91 Å². The molecule has 0 aliphatic carbocycles. The highest BCUT2D eigenvalue weighted by Crippen LogP contribution is 2.29. The summed E-state index contributed by atoms with van der Waals surface area (Å²) in [5, 5.41) is 27.3. The summed E-state index contributed by atoms with van der Waals surface area (Å²) >= 11 is 0. The van der Waals surface area contributed by atoms with Gasteiger partial charge in [0, 0.05) is 42.9 Å². The van der Waals surface area contributed by atoms with Crippen LogP contribution in [0.15, 0.2) is 54.9 Å². The second-order valence-electron chi connectivity index (χ2n) is 13.1. The van der Waals surface area contributed by atoms with Gasteiger partial charge in [0.05, 0.1) is 24.5 Å². The molecule has 2 aromatic carbocycles. The molecule has 2 aromatic heterocycles. The van der Waals surface area contributed by atoms with Crippen molar-refractivity contribution in [2.75, 3.05) is 26.2 Å². The number of hydrogen-bond acceptors (Lipinski definition) is 8.